The number of carboxylic acid groups (broad SMARTS) is 1. The molecule has 0 spiro atoms. The Morgan fingerprint density at radius 2 is 1.94 bits per heavy atom. The molecule has 0 radical (unpaired) electrons. The fourth-order valence-corrected chi connectivity index (χ4v) is 3.49. The summed E-state index contributed by atoms with van der Waals surface area (Å²) in [4.78, 5) is 26.1. The van der Waals surface area contributed by atoms with Crippen LogP contribution in [0.4, 0.5) is 5.69 Å². The number of rotatable bonds is 11. The van der Waals surface area contributed by atoms with Crippen molar-refractivity contribution in [3.8, 4) is 29.6 Å². The van der Waals surface area contributed by atoms with Gasteiger partial charge in [0, 0.05) is 31.3 Å². The van der Waals surface area contributed by atoms with Crippen LogP contribution >= 0.6 is 0 Å². The van der Waals surface area contributed by atoms with Gasteiger partial charge in [-0.3, -0.25) is 9.69 Å². The monoisotopic (exact) mass is 480 g/mol. The SMILES string of the molecule is C#CCOc1ccc(/C=C/C(=O)Nc2ccccc2C(=O)O)c(OCCN2CCOCC2)c1OC. The molecule has 0 saturated carbocycles. The van der Waals surface area contributed by atoms with Gasteiger partial charge < -0.3 is 29.4 Å². The summed E-state index contributed by atoms with van der Waals surface area (Å²) in [6.07, 6.45) is 8.18. The van der Waals surface area contributed by atoms with E-state index in [1.165, 1.54) is 25.3 Å². The van der Waals surface area contributed by atoms with Crippen LogP contribution in [0.1, 0.15) is 15.9 Å². The highest BCUT2D eigenvalue weighted by atomic mass is 16.5. The van der Waals surface area contributed by atoms with Crippen LogP contribution in [-0.4, -0.2) is 75.1 Å². The molecule has 0 unspecified atom stereocenters. The van der Waals surface area contributed by atoms with Crippen LogP contribution in [0, 0.1) is 12.3 Å². The van der Waals surface area contributed by atoms with Crippen molar-refractivity contribution in [3.05, 3.63) is 53.6 Å². The van der Waals surface area contributed by atoms with E-state index in [0.717, 1.165) is 13.1 Å². The third-order valence-corrected chi connectivity index (χ3v) is 5.21. The van der Waals surface area contributed by atoms with E-state index >= 15 is 0 Å². The number of aromatic carboxylic acids is 1. The summed E-state index contributed by atoms with van der Waals surface area (Å²) >= 11 is 0. The Hall–Kier alpha value is -4.00. The number of ether oxygens (including phenoxy) is 4. The van der Waals surface area contributed by atoms with Crippen LogP contribution in [0.15, 0.2) is 42.5 Å². The minimum atomic E-state index is -1.13. The van der Waals surface area contributed by atoms with Gasteiger partial charge in [-0.2, -0.15) is 0 Å². The first-order valence-electron chi connectivity index (χ1n) is 11.0. The molecule has 0 aliphatic carbocycles. The maximum Gasteiger partial charge on any atom is 0.337 e. The van der Waals surface area contributed by atoms with Gasteiger partial charge in [0.05, 0.1) is 31.6 Å². The van der Waals surface area contributed by atoms with E-state index in [1.807, 2.05) is 0 Å². The van der Waals surface area contributed by atoms with Crippen molar-refractivity contribution < 1.29 is 33.6 Å². The molecule has 2 aromatic rings. The van der Waals surface area contributed by atoms with Gasteiger partial charge in [-0.05, 0) is 30.3 Å². The molecule has 0 bridgehead atoms. The number of terminal acetylenes is 1. The molecular formula is C26H28N2O7. The Morgan fingerprint density at radius 1 is 1.17 bits per heavy atom. The van der Waals surface area contributed by atoms with Crippen LogP contribution in [0.25, 0.3) is 6.08 Å². The lowest BCUT2D eigenvalue weighted by Crippen LogP contribution is -2.38. The number of carbonyl (C=O) groups is 2. The topological polar surface area (TPSA) is 107 Å². The van der Waals surface area contributed by atoms with Crippen molar-refractivity contribution in [2.45, 2.75) is 0 Å². The number of carboxylic acids is 1. The van der Waals surface area contributed by atoms with Crippen molar-refractivity contribution in [3.63, 3.8) is 0 Å². The summed E-state index contributed by atoms with van der Waals surface area (Å²) in [5, 5.41) is 11.9. The zero-order valence-electron chi connectivity index (χ0n) is 19.5. The first-order valence-corrected chi connectivity index (χ1v) is 11.0. The van der Waals surface area contributed by atoms with Crippen molar-refractivity contribution in [2.24, 2.45) is 0 Å². The summed E-state index contributed by atoms with van der Waals surface area (Å²) in [5.74, 6) is 1.98. The predicted molar refractivity (Wildman–Crippen MR) is 131 cm³/mol. The lowest BCUT2D eigenvalue weighted by atomic mass is 10.1. The fourth-order valence-electron chi connectivity index (χ4n) is 3.49. The molecule has 1 aliphatic heterocycles. The van der Waals surface area contributed by atoms with Gasteiger partial charge in [-0.25, -0.2) is 4.79 Å². The van der Waals surface area contributed by atoms with E-state index in [2.05, 4.69) is 16.1 Å². The number of benzene rings is 2. The van der Waals surface area contributed by atoms with E-state index in [4.69, 9.17) is 25.4 Å². The number of hydrogen-bond acceptors (Lipinski definition) is 7. The van der Waals surface area contributed by atoms with Gasteiger partial charge >= 0.3 is 5.97 Å². The fraction of sp³-hybridized carbons (Fsp3) is 0.308. The molecule has 1 saturated heterocycles. The summed E-state index contributed by atoms with van der Waals surface area (Å²) in [5.41, 5.74) is 0.781. The summed E-state index contributed by atoms with van der Waals surface area (Å²) in [6.45, 7) is 4.17. The zero-order chi connectivity index (χ0) is 25.0. The van der Waals surface area contributed by atoms with Crippen molar-refractivity contribution in [2.75, 3.05) is 58.5 Å². The molecule has 2 aromatic carbocycles. The van der Waals surface area contributed by atoms with Gasteiger partial charge in [0.1, 0.15) is 13.2 Å². The van der Waals surface area contributed by atoms with Crippen molar-refractivity contribution >= 4 is 23.6 Å². The van der Waals surface area contributed by atoms with Crippen LogP contribution in [0.2, 0.25) is 0 Å². The molecule has 184 valence electrons. The largest absolute Gasteiger partial charge is 0.490 e. The molecule has 9 heteroatoms. The van der Waals surface area contributed by atoms with E-state index < -0.39 is 11.9 Å². The minimum absolute atomic E-state index is 0.00179. The average molecular weight is 481 g/mol. The zero-order valence-corrected chi connectivity index (χ0v) is 19.5. The highest BCUT2D eigenvalue weighted by Crippen LogP contribution is 2.40. The number of methoxy groups -OCH3 is 1. The van der Waals surface area contributed by atoms with E-state index in [1.54, 1.807) is 30.3 Å². The number of hydrogen-bond donors (Lipinski definition) is 2. The highest BCUT2D eigenvalue weighted by Gasteiger charge is 2.18. The molecule has 0 aromatic heterocycles. The third-order valence-electron chi connectivity index (χ3n) is 5.21. The van der Waals surface area contributed by atoms with Gasteiger partial charge in [-0.1, -0.05) is 18.1 Å². The Morgan fingerprint density at radius 3 is 2.66 bits per heavy atom. The van der Waals surface area contributed by atoms with Gasteiger partial charge in [0.25, 0.3) is 0 Å². The molecule has 0 atom stereocenters. The normalized spacial score (nSPS) is 13.7. The van der Waals surface area contributed by atoms with Crippen LogP contribution in [0.5, 0.6) is 17.2 Å². The summed E-state index contributed by atoms with van der Waals surface area (Å²) in [6, 6.07) is 9.59. The van der Waals surface area contributed by atoms with E-state index in [9.17, 15) is 14.7 Å². The number of carbonyl (C=O) groups excluding carboxylic acids is 1. The summed E-state index contributed by atoms with van der Waals surface area (Å²) in [7, 11) is 1.50. The van der Waals surface area contributed by atoms with Crippen LogP contribution in [-0.2, 0) is 9.53 Å². The Bertz CT molecular complexity index is 1100. The molecule has 35 heavy (non-hydrogen) atoms. The Kier molecular flexibility index (Phi) is 9.54. The average Bonchev–Trinajstić information content (AvgIpc) is 2.87. The minimum Gasteiger partial charge on any atom is -0.490 e. The molecule has 1 heterocycles. The Labute approximate surface area is 204 Å². The predicted octanol–water partition coefficient (Wildman–Crippen LogP) is 2.77. The molecule has 3 rings (SSSR count). The van der Waals surface area contributed by atoms with Crippen LogP contribution < -0.4 is 19.5 Å². The maximum absolute atomic E-state index is 12.5. The van der Waals surface area contributed by atoms with Gasteiger partial charge in [-0.15, -0.1) is 6.42 Å². The smallest absolute Gasteiger partial charge is 0.337 e. The Balaban J connectivity index is 1.79. The lowest BCUT2D eigenvalue weighted by Gasteiger charge is -2.26. The second-order valence-electron chi connectivity index (χ2n) is 7.48. The first-order chi connectivity index (χ1) is 17.0. The van der Waals surface area contributed by atoms with Gasteiger partial charge in [0.15, 0.2) is 11.5 Å². The molecule has 1 aliphatic rings. The molecule has 1 fully saturated rings. The highest BCUT2D eigenvalue weighted by molar-refractivity contribution is 6.06. The van der Waals surface area contributed by atoms with Crippen molar-refractivity contribution in [1.82, 2.24) is 4.90 Å². The van der Waals surface area contributed by atoms with Crippen molar-refractivity contribution in [1.29, 1.82) is 0 Å². The maximum atomic E-state index is 12.5. The second-order valence-corrected chi connectivity index (χ2v) is 7.48. The number of nitrogens with one attached hydrogen (secondary N) is 1. The third kappa shape index (κ3) is 7.24. The first kappa shape index (κ1) is 25.6. The standard InChI is InChI=1S/C26H28N2O7/c1-3-15-34-22-10-8-19(9-11-23(29)27-21-7-5-4-6-20(21)26(30)31)24(25(22)32-2)35-18-14-28-12-16-33-17-13-28/h1,4-11H,12-18H2,2H3,(H,27,29)(H,30,31)/b11-9+. The molecule has 1 amide bonds. The van der Waals surface area contributed by atoms with E-state index in [-0.39, 0.29) is 17.9 Å². The number of morpholine rings is 1. The number of para-hydroxylation sites is 1. The molecule has 9 nitrogen and oxygen atoms in total. The van der Waals surface area contributed by atoms with Gasteiger partial charge in [0.2, 0.25) is 11.7 Å². The quantitative estimate of drug-likeness (QED) is 0.374. The lowest BCUT2D eigenvalue weighted by molar-refractivity contribution is -0.111. The molecule has 2 N–H and O–H groups in total. The number of nitrogens with zero attached hydrogens (tertiary/aromatic N) is 1. The van der Waals surface area contributed by atoms with E-state index in [0.29, 0.717) is 49.2 Å². The van der Waals surface area contributed by atoms with Crippen LogP contribution in [0.3, 0.4) is 0 Å². The number of amides is 1. The second kappa shape index (κ2) is 13.0. The number of anilines is 1. The summed E-state index contributed by atoms with van der Waals surface area (Å²) < 4.78 is 22.6. The molecular weight excluding hydrogens is 452 g/mol.